The van der Waals surface area contributed by atoms with Crippen molar-refractivity contribution >= 4 is 26.7 Å². The molecule has 1 saturated heterocycles. The van der Waals surface area contributed by atoms with Crippen molar-refractivity contribution in [3.63, 3.8) is 0 Å². The van der Waals surface area contributed by atoms with E-state index in [2.05, 4.69) is 10.3 Å². The lowest BCUT2D eigenvalue weighted by Crippen LogP contribution is -2.35. The van der Waals surface area contributed by atoms with Gasteiger partial charge in [-0.3, -0.25) is 0 Å². The number of imidazole rings is 1. The van der Waals surface area contributed by atoms with Gasteiger partial charge < -0.3 is 9.88 Å². The third kappa shape index (κ3) is 4.47. The molecule has 0 saturated carbocycles. The van der Waals surface area contributed by atoms with Crippen LogP contribution in [0.4, 0.5) is 18.9 Å². The fourth-order valence-electron chi connectivity index (χ4n) is 4.02. The van der Waals surface area contributed by atoms with Crippen molar-refractivity contribution in [2.45, 2.75) is 50.3 Å². The molecule has 10 heteroatoms. The molecule has 2 aromatic carbocycles. The Morgan fingerprint density at radius 2 is 1.72 bits per heavy atom. The van der Waals surface area contributed by atoms with Gasteiger partial charge in [-0.2, -0.15) is 17.5 Å². The van der Waals surface area contributed by atoms with E-state index in [-0.39, 0.29) is 4.90 Å². The second-order valence-electron chi connectivity index (χ2n) is 7.82. The lowest BCUT2D eigenvalue weighted by atomic mass is 10.2. The molecule has 0 unspecified atom stereocenters. The molecule has 0 atom stereocenters. The molecule has 1 aliphatic heterocycles. The van der Waals surface area contributed by atoms with Gasteiger partial charge in [-0.25, -0.2) is 13.4 Å². The molecule has 1 aromatic heterocycles. The van der Waals surface area contributed by atoms with Crippen LogP contribution in [-0.2, 0) is 29.3 Å². The third-order valence-electron chi connectivity index (χ3n) is 5.73. The maximum Gasteiger partial charge on any atom is 0.416 e. The number of nitrogens with zero attached hydrogens (tertiary/aromatic N) is 3. The molecule has 0 spiro atoms. The normalized spacial score (nSPS) is 15.9. The number of sulfonamides is 1. The smallest absolute Gasteiger partial charge is 0.378 e. The molecule has 4 rings (SSSR count). The highest BCUT2D eigenvalue weighted by Crippen LogP contribution is 2.30. The highest BCUT2D eigenvalue weighted by Gasteiger charge is 2.30. The molecule has 1 fully saturated rings. The monoisotopic (exact) mass is 466 g/mol. The maximum atomic E-state index is 13.0. The number of nitrogens with one attached hydrogen (secondary N) is 1. The van der Waals surface area contributed by atoms with Crippen LogP contribution in [0.1, 0.15) is 37.6 Å². The number of benzene rings is 2. The van der Waals surface area contributed by atoms with Crippen molar-refractivity contribution in [1.29, 1.82) is 0 Å². The first-order chi connectivity index (χ1) is 15.2. The van der Waals surface area contributed by atoms with Gasteiger partial charge >= 0.3 is 6.18 Å². The molecule has 6 nitrogen and oxygen atoms in total. The topological polar surface area (TPSA) is 67.2 Å². The average Bonchev–Trinajstić information content (AvgIpc) is 3.14. The minimum Gasteiger partial charge on any atom is -0.378 e. The molecule has 2 heterocycles. The Hall–Kier alpha value is -2.59. The van der Waals surface area contributed by atoms with Crippen LogP contribution in [0, 0.1) is 0 Å². The minimum absolute atomic E-state index is 0.231. The average molecular weight is 467 g/mol. The van der Waals surface area contributed by atoms with Gasteiger partial charge in [-0.1, -0.05) is 6.42 Å². The zero-order chi connectivity index (χ0) is 22.9. The first-order valence-electron chi connectivity index (χ1n) is 10.6. The summed E-state index contributed by atoms with van der Waals surface area (Å²) in [5.41, 5.74) is 1.23. The Labute approximate surface area is 185 Å². The Bertz CT molecular complexity index is 1200. The standard InChI is InChI=1S/C22H25F3N4O2S/c1-2-29-20-11-10-18(32(30,31)28-12-4-3-5-13-28)14-19(20)27-21(29)15-26-17-8-6-16(7-9-17)22(23,24)25/h6-11,14,26H,2-5,12-13,15H2,1H3. The van der Waals surface area contributed by atoms with E-state index in [1.807, 2.05) is 11.5 Å². The summed E-state index contributed by atoms with van der Waals surface area (Å²) in [5.74, 6) is 0.676. The highest BCUT2D eigenvalue weighted by atomic mass is 32.2. The molecule has 3 aromatic rings. The van der Waals surface area contributed by atoms with Gasteiger partial charge in [0.05, 0.1) is 28.0 Å². The summed E-state index contributed by atoms with van der Waals surface area (Å²) in [6, 6.07) is 9.81. The first kappa shape index (κ1) is 22.6. The first-order valence-corrected chi connectivity index (χ1v) is 12.0. The summed E-state index contributed by atoms with van der Waals surface area (Å²) in [6.45, 7) is 3.94. The quantitative estimate of drug-likeness (QED) is 0.563. The number of fused-ring (bicyclic) bond motifs is 1. The summed E-state index contributed by atoms with van der Waals surface area (Å²) >= 11 is 0. The number of aromatic nitrogens is 2. The fourth-order valence-corrected chi connectivity index (χ4v) is 5.56. The van der Waals surface area contributed by atoms with Crippen molar-refractivity contribution in [2.75, 3.05) is 18.4 Å². The van der Waals surface area contributed by atoms with Crippen LogP contribution in [0.15, 0.2) is 47.4 Å². The molecule has 0 bridgehead atoms. The van der Waals surface area contributed by atoms with Crippen LogP contribution in [-0.4, -0.2) is 35.4 Å². The number of aryl methyl sites for hydroxylation is 1. The summed E-state index contributed by atoms with van der Waals surface area (Å²) in [7, 11) is -3.56. The third-order valence-corrected chi connectivity index (χ3v) is 7.63. The number of anilines is 1. The van der Waals surface area contributed by atoms with Crippen molar-refractivity contribution in [3.8, 4) is 0 Å². The van der Waals surface area contributed by atoms with Crippen LogP contribution in [0.5, 0.6) is 0 Å². The molecule has 32 heavy (non-hydrogen) atoms. The molecule has 0 aliphatic carbocycles. The van der Waals surface area contributed by atoms with E-state index in [9.17, 15) is 21.6 Å². The Morgan fingerprint density at radius 1 is 1.03 bits per heavy atom. The van der Waals surface area contributed by atoms with Crippen molar-refractivity contribution in [3.05, 3.63) is 53.9 Å². The Balaban J connectivity index is 1.57. The fraction of sp³-hybridized carbons (Fsp3) is 0.409. The minimum atomic E-state index is -4.37. The van der Waals surface area contributed by atoms with E-state index < -0.39 is 21.8 Å². The second-order valence-corrected chi connectivity index (χ2v) is 9.75. The molecule has 0 radical (unpaired) electrons. The Kier molecular flexibility index (Phi) is 6.17. The largest absolute Gasteiger partial charge is 0.416 e. The molecular weight excluding hydrogens is 441 g/mol. The van der Waals surface area contributed by atoms with E-state index in [0.29, 0.717) is 43.2 Å². The Morgan fingerprint density at radius 3 is 2.34 bits per heavy atom. The van der Waals surface area contributed by atoms with Crippen LogP contribution < -0.4 is 5.32 Å². The predicted molar refractivity (Wildman–Crippen MR) is 117 cm³/mol. The van der Waals surface area contributed by atoms with E-state index in [1.165, 1.54) is 16.4 Å². The van der Waals surface area contributed by atoms with Gasteiger partial charge in [0, 0.05) is 25.3 Å². The maximum absolute atomic E-state index is 13.0. The summed E-state index contributed by atoms with van der Waals surface area (Å²) in [6.07, 6.45) is -1.60. The van der Waals surface area contributed by atoms with Crippen molar-refractivity contribution in [2.24, 2.45) is 0 Å². The van der Waals surface area contributed by atoms with Crippen LogP contribution in [0.25, 0.3) is 11.0 Å². The molecule has 172 valence electrons. The lowest BCUT2D eigenvalue weighted by Gasteiger charge is -2.25. The zero-order valence-electron chi connectivity index (χ0n) is 17.7. The number of alkyl halides is 3. The van der Waals surface area contributed by atoms with E-state index in [1.54, 1.807) is 18.2 Å². The predicted octanol–water partition coefficient (Wildman–Crippen LogP) is 4.86. The van der Waals surface area contributed by atoms with Crippen molar-refractivity contribution < 1.29 is 21.6 Å². The van der Waals surface area contributed by atoms with Gasteiger partial charge in [-0.15, -0.1) is 0 Å². The van der Waals surface area contributed by atoms with E-state index in [4.69, 9.17) is 0 Å². The lowest BCUT2D eigenvalue weighted by molar-refractivity contribution is -0.137. The SMILES string of the molecule is CCn1c(CNc2ccc(C(F)(F)F)cc2)nc2cc(S(=O)(=O)N3CCCCC3)ccc21. The van der Waals surface area contributed by atoms with E-state index >= 15 is 0 Å². The van der Waals surface area contributed by atoms with Crippen LogP contribution in [0.3, 0.4) is 0 Å². The molecule has 0 amide bonds. The van der Waals surface area contributed by atoms with Gasteiger partial charge in [0.2, 0.25) is 10.0 Å². The van der Waals surface area contributed by atoms with Gasteiger partial charge in [-0.05, 0) is 62.2 Å². The zero-order valence-corrected chi connectivity index (χ0v) is 18.5. The molecule has 1 N–H and O–H groups in total. The number of hydrogen-bond acceptors (Lipinski definition) is 4. The van der Waals surface area contributed by atoms with Gasteiger partial charge in [0.15, 0.2) is 0 Å². The van der Waals surface area contributed by atoms with E-state index in [0.717, 1.165) is 36.9 Å². The summed E-state index contributed by atoms with van der Waals surface area (Å²) in [4.78, 5) is 4.84. The molecule has 1 aliphatic rings. The van der Waals surface area contributed by atoms with Crippen LogP contribution in [0.2, 0.25) is 0 Å². The van der Waals surface area contributed by atoms with Crippen LogP contribution >= 0.6 is 0 Å². The highest BCUT2D eigenvalue weighted by molar-refractivity contribution is 7.89. The second kappa shape index (κ2) is 8.74. The van der Waals surface area contributed by atoms with Gasteiger partial charge in [0.1, 0.15) is 5.82 Å². The number of halogens is 3. The van der Waals surface area contributed by atoms with Gasteiger partial charge in [0.25, 0.3) is 0 Å². The summed E-state index contributed by atoms with van der Waals surface area (Å²) < 4.78 is 67.7. The number of hydrogen-bond donors (Lipinski definition) is 1. The number of piperidine rings is 1. The number of rotatable bonds is 6. The van der Waals surface area contributed by atoms with Crippen molar-refractivity contribution in [1.82, 2.24) is 13.9 Å². The molecular formula is C22H25F3N4O2S. The summed E-state index contributed by atoms with van der Waals surface area (Å²) in [5, 5.41) is 3.09.